The second kappa shape index (κ2) is 3.96. The Hall–Kier alpha value is -2.10. The molecule has 2 aromatic rings. The third-order valence-electron chi connectivity index (χ3n) is 1.94. The molecule has 76 valence electrons. The van der Waals surface area contributed by atoms with E-state index in [1.54, 1.807) is 6.07 Å². The summed E-state index contributed by atoms with van der Waals surface area (Å²) in [6, 6.07) is 12.1. The van der Waals surface area contributed by atoms with Crippen LogP contribution in [0.15, 0.2) is 46.9 Å². The number of rotatable bonds is 2. The number of hydrogen-bond acceptors (Lipinski definition) is 3. The van der Waals surface area contributed by atoms with Crippen molar-refractivity contribution in [2.24, 2.45) is 0 Å². The van der Waals surface area contributed by atoms with Gasteiger partial charge in [0.05, 0.1) is 0 Å². The fourth-order valence-electron chi connectivity index (χ4n) is 1.24. The molecular formula is C11H7FO3. The van der Waals surface area contributed by atoms with Crippen LogP contribution in [-0.2, 0) is 4.94 Å². The van der Waals surface area contributed by atoms with Crippen LogP contribution in [0.2, 0.25) is 0 Å². The molecule has 4 heteroatoms. The summed E-state index contributed by atoms with van der Waals surface area (Å²) in [6.45, 7) is 0. The summed E-state index contributed by atoms with van der Waals surface area (Å²) < 4.78 is 16.7. The lowest BCUT2D eigenvalue weighted by Gasteiger charge is -1.94. The Morgan fingerprint density at radius 3 is 2.53 bits per heavy atom. The summed E-state index contributed by atoms with van der Waals surface area (Å²) in [4.78, 5) is 13.8. The summed E-state index contributed by atoms with van der Waals surface area (Å²) in [5.74, 6) is -0.787. The monoisotopic (exact) mass is 206 g/mol. The van der Waals surface area contributed by atoms with Gasteiger partial charge in [0.15, 0.2) is 0 Å². The molecule has 15 heavy (non-hydrogen) atoms. The molecule has 0 aliphatic rings. The van der Waals surface area contributed by atoms with Crippen LogP contribution in [0.5, 0.6) is 0 Å². The number of carbonyl (C=O) groups is 1. The van der Waals surface area contributed by atoms with Crippen molar-refractivity contribution in [3.63, 3.8) is 0 Å². The topological polar surface area (TPSA) is 39.4 Å². The van der Waals surface area contributed by atoms with Crippen LogP contribution < -0.4 is 0 Å². The summed E-state index contributed by atoms with van der Waals surface area (Å²) >= 11 is 0. The zero-order valence-electron chi connectivity index (χ0n) is 7.64. The van der Waals surface area contributed by atoms with E-state index in [1.807, 2.05) is 30.3 Å². The molecule has 0 spiro atoms. The van der Waals surface area contributed by atoms with Gasteiger partial charge in [-0.1, -0.05) is 30.3 Å². The standard InChI is InChI=1S/C11H7FO3/c12-15-11(13)10-7-6-9(14-10)8-4-2-1-3-5-8/h1-7H. The Bertz CT molecular complexity index is 462. The van der Waals surface area contributed by atoms with Crippen molar-refractivity contribution < 1.29 is 18.7 Å². The van der Waals surface area contributed by atoms with E-state index >= 15 is 0 Å². The molecular weight excluding hydrogens is 199 g/mol. The smallest absolute Gasteiger partial charge is 0.414 e. The van der Waals surface area contributed by atoms with Crippen LogP contribution in [0.3, 0.4) is 0 Å². The highest BCUT2D eigenvalue weighted by atomic mass is 19.3. The van der Waals surface area contributed by atoms with E-state index in [0.717, 1.165) is 5.56 Å². The van der Waals surface area contributed by atoms with Gasteiger partial charge in [-0.05, 0) is 12.1 Å². The molecule has 1 heterocycles. The van der Waals surface area contributed by atoms with E-state index in [4.69, 9.17) is 4.42 Å². The van der Waals surface area contributed by atoms with Gasteiger partial charge in [0.1, 0.15) is 5.76 Å². The number of benzene rings is 1. The Morgan fingerprint density at radius 1 is 1.13 bits per heavy atom. The molecule has 1 aromatic carbocycles. The number of halogens is 1. The first kappa shape index (κ1) is 9.45. The van der Waals surface area contributed by atoms with Crippen LogP contribution in [0.1, 0.15) is 10.6 Å². The number of hydrogen-bond donors (Lipinski definition) is 0. The van der Waals surface area contributed by atoms with Gasteiger partial charge in [-0.15, -0.1) is 0 Å². The Morgan fingerprint density at radius 2 is 1.87 bits per heavy atom. The number of carbonyl (C=O) groups excluding carboxylic acids is 1. The lowest BCUT2D eigenvalue weighted by atomic mass is 10.2. The predicted octanol–water partition coefficient (Wildman–Crippen LogP) is 2.99. The van der Waals surface area contributed by atoms with Crippen molar-refractivity contribution in [1.82, 2.24) is 0 Å². The van der Waals surface area contributed by atoms with Gasteiger partial charge in [-0.3, -0.25) is 0 Å². The van der Waals surface area contributed by atoms with Gasteiger partial charge in [-0.2, -0.15) is 0 Å². The van der Waals surface area contributed by atoms with E-state index in [-0.39, 0.29) is 5.76 Å². The van der Waals surface area contributed by atoms with Crippen molar-refractivity contribution in [3.8, 4) is 11.3 Å². The van der Waals surface area contributed by atoms with E-state index < -0.39 is 5.97 Å². The van der Waals surface area contributed by atoms with Crippen molar-refractivity contribution in [2.75, 3.05) is 0 Å². The molecule has 0 saturated heterocycles. The molecule has 0 saturated carbocycles. The van der Waals surface area contributed by atoms with Gasteiger partial charge in [0.2, 0.25) is 5.76 Å². The molecule has 0 aliphatic carbocycles. The fourth-order valence-corrected chi connectivity index (χ4v) is 1.24. The van der Waals surface area contributed by atoms with E-state index in [2.05, 4.69) is 4.94 Å². The van der Waals surface area contributed by atoms with Crippen molar-refractivity contribution >= 4 is 5.97 Å². The van der Waals surface area contributed by atoms with E-state index in [0.29, 0.717) is 5.76 Å². The SMILES string of the molecule is O=C(OF)c1ccc(-c2ccccc2)o1. The highest BCUT2D eigenvalue weighted by Crippen LogP contribution is 2.21. The molecule has 0 unspecified atom stereocenters. The van der Waals surface area contributed by atoms with Gasteiger partial charge >= 0.3 is 5.97 Å². The maximum Gasteiger partial charge on any atom is 0.414 e. The molecule has 0 radical (unpaired) electrons. The Balaban J connectivity index is 2.32. The van der Waals surface area contributed by atoms with E-state index in [1.165, 1.54) is 6.07 Å². The van der Waals surface area contributed by atoms with Crippen molar-refractivity contribution in [3.05, 3.63) is 48.2 Å². The van der Waals surface area contributed by atoms with Crippen LogP contribution in [0.25, 0.3) is 11.3 Å². The van der Waals surface area contributed by atoms with E-state index in [9.17, 15) is 9.32 Å². The molecule has 2 rings (SSSR count). The summed E-state index contributed by atoms with van der Waals surface area (Å²) in [5.41, 5.74) is 0.815. The first-order valence-corrected chi connectivity index (χ1v) is 4.29. The first-order valence-electron chi connectivity index (χ1n) is 4.29. The zero-order chi connectivity index (χ0) is 10.7. The molecule has 0 fully saturated rings. The summed E-state index contributed by atoms with van der Waals surface area (Å²) in [7, 11) is 0. The van der Waals surface area contributed by atoms with Crippen molar-refractivity contribution in [1.29, 1.82) is 0 Å². The van der Waals surface area contributed by atoms with Gasteiger partial charge in [-0.25, -0.2) is 9.74 Å². The lowest BCUT2D eigenvalue weighted by molar-refractivity contribution is -0.0811. The summed E-state index contributed by atoms with van der Waals surface area (Å²) in [6.07, 6.45) is 0. The largest absolute Gasteiger partial charge is 0.449 e. The minimum atomic E-state index is -1.13. The van der Waals surface area contributed by atoms with Crippen molar-refractivity contribution in [2.45, 2.75) is 0 Å². The average molecular weight is 206 g/mol. The molecule has 0 N–H and O–H groups in total. The second-order valence-corrected chi connectivity index (χ2v) is 2.89. The molecule has 0 amide bonds. The normalized spacial score (nSPS) is 9.93. The molecule has 1 aromatic heterocycles. The maximum absolute atomic E-state index is 11.6. The van der Waals surface area contributed by atoms with Gasteiger partial charge in [0, 0.05) is 10.1 Å². The quantitative estimate of drug-likeness (QED) is 0.758. The van der Waals surface area contributed by atoms with Crippen LogP contribution in [-0.4, -0.2) is 5.97 Å². The van der Waals surface area contributed by atoms with Crippen LogP contribution >= 0.6 is 0 Å². The molecule has 0 bridgehead atoms. The maximum atomic E-state index is 11.6. The lowest BCUT2D eigenvalue weighted by Crippen LogP contribution is -1.95. The fraction of sp³-hybridized carbons (Fsp3) is 0. The molecule has 0 aliphatic heterocycles. The number of furan rings is 1. The predicted molar refractivity (Wildman–Crippen MR) is 50.7 cm³/mol. The minimum Gasteiger partial charge on any atom is -0.449 e. The Labute approximate surface area is 85.0 Å². The average Bonchev–Trinajstić information content (AvgIpc) is 2.78. The third kappa shape index (κ3) is 1.88. The highest BCUT2D eigenvalue weighted by molar-refractivity contribution is 5.86. The van der Waals surface area contributed by atoms with Gasteiger partial charge < -0.3 is 4.42 Å². The Kier molecular flexibility index (Phi) is 2.49. The van der Waals surface area contributed by atoms with Crippen LogP contribution in [0, 0.1) is 0 Å². The molecule has 0 atom stereocenters. The zero-order valence-corrected chi connectivity index (χ0v) is 7.64. The summed E-state index contributed by atoms with van der Waals surface area (Å²) in [5, 5.41) is 0. The first-order chi connectivity index (χ1) is 7.31. The third-order valence-corrected chi connectivity index (χ3v) is 1.94. The van der Waals surface area contributed by atoms with Gasteiger partial charge in [0.25, 0.3) is 0 Å². The molecule has 3 nitrogen and oxygen atoms in total. The minimum absolute atomic E-state index is 0.156. The highest BCUT2D eigenvalue weighted by Gasteiger charge is 2.13. The van der Waals surface area contributed by atoms with Crippen LogP contribution in [0.4, 0.5) is 4.53 Å². The second-order valence-electron chi connectivity index (χ2n) is 2.89.